The molecule has 1 aromatic carbocycles. The molecule has 1 atom stereocenters. The summed E-state index contributed by atoms with van der Waals surface area (Å²) in [5.41, 5.74) is 6.40. The summed E-state index contributed by atoms with van der Waals surface area (Å²) in [6, 6.07) is 12.7. The van der Waals surface area contributed by atoms with E-state index in [2.05, 4.69) is 10.3 Å². The van der Waals surface area contributed by atoms with Gasteiger partial charge in [0.1, 0.15) is 10.7 Å². The zero-order chi connectivity index (χ0) is 15.5. The SMILES string of the molecule is CC(CN)(Nc1ccc(S(N)(=O)=O)cn1)c1ccccc1. The van der Waals surface area contributed by atoms with Crippen molar-refractivity contribution in [2.75, 3.05) is 11.9 Å². The molecule has 0 aliphatic rings. The maximum Gasteiger partial charge on any atom is 0.239 e. The van der Waals surface area contributed by atoms with E-state index < -0.39 is 15.6 Å². The molecule has 0 fully saturated rings. The summed E-state index contributed by atoms with van der Waals surface area (Å²) in [7, 11) is -3.74. The minimum Gasteiger partial charge on any atom is -0.360 e. The summed E-state index contributed by atoms with van der Waals surface area (Å²) in [4.78, 5) is 4.05. The Morgan fingerprint density at radius 2 is 1.86 bits per heavy atom. The molecule has 2 aromatic rings. The van der Waals surface area contributed by atoms with Gasteiger partial charge < -0.3 is 11.1 Å². The van der Waals surface area contributed by atoms with Gasteiger partial charge in [0, 0.05) is 12.7 Å². The molecule has 1 heterocycles. The number of benzene rings is 1. The van der Waals surface area contributed by atoms with Gasteiger partial charge in [-0.15, -0.1) is 0 Å². The lowest BCUT2D eigenvalue weighted by atomic mass is 9.92. The zero-order valence-electron chi connectivity index (χ0n) is 11.7. The number of nitrogens with zero attached hydrogens (tertiary/aromatic N) is 1. The first-order chi connectivity index (χ1) is 9.85. The lowest BCUT2D eigenvalue weighted by Gasteiger charge is -2.30. The van der Waals surface area contributed by atoms with Gasteiger partial charge in [0.2, 0.25) is 10.0 Å². The van der Waals surface area contributed by atoms with Crippen LogP contribution in [0.25, 0.3) is 0 Å². The second kappa shape index (κ2) is 5.80. The van der Waals surface area contributed by atoms with Crippen LogP contribution in [0.4, 0.5) is 5.82 Å². The predicted octanol–water partition coefficient (Wildman–Crippen LogP) is 1.02. The number of aromatic nitrogens is 1. The molecule has 1 unspecified atom stereocenters. The lowest BCUT2D eigenvalue weighted by molar-refractivity contribution is 0.553. The second-order valence-corrected chi connectivity index (χ2v) is 6.51. The third-order valence-electron chi connectivity index (χ3n) is 3.29. The molecule has 1 aromatic heterocycles. The summed E-state index contributed by atoms with van der Waals surface area (Å²) in [5, 5.41) is 8.27. The molecule has 0 aliphatic carbocycles. The van der Waals surface area contributed by atoms with Crippen molar-refractivity contribution in [1.82, 2.24) is 4.98 Å². The van der Waals surface area contributed by atoms with Crippen LogP contribution in [0.15, 0.2) is 53.6 Å². The van der Waals surface area contributed by atoms with E-state index in [1.807, 2.05) is 37.3 Å². The summed E-state index contributed by atoms with van der Waals surface area (Å²) in [6.07, 6.45) is 1.22. The highest BCUT2D eigenvalue weighted by atomic mass is 32.2. The smallest absolute Gasteiger partial charge is 0.239 e. The average Bonchev–Trinajstić information content (AvgIpc) is 2.47. The standard InChI is InChI=1S/C14H18N4O2S/c1-14(10-15,11-5-3-2-4-6-11)18-13-8-7-12(9-17-13)21(16,19)20/h2-9H,10,15H2,1H3,(H,17,18)(H2,16,19,20). The molecule has 5 N–H and O–H groups in total. The van der Waals surface area contributed by atoms with Gasteiger partial charge in [0.15, 0.2) is 0 Å². The maximum absolute atomic E-state index is 11.2. The van der Waals surface area contributed by atoms with E-state index in [1.54, 1.807) is 6.07 Å². The highest BCUT2D eigenvalue weighted by Crippen LogP contribution is 2.24. The van der Waals surface area contributed by atoms with E-state index in [-0.39, 0.29) is 4.90 Å². The molecular weight excluding hydrogens is 288 g/mol. The normalized spacial score (nSPS) is 14.4. The monoisotopic (exact) mass is 306 g/mol. The molecule has 6 nitrogen and oxygen atoms in total. The Labute approximate surface area is 124 Å². The van der Waals surface area contributed by atoms with E-state index in [9.17, 15) is 8.42 Å². The molecule has 2 rings (SSSR count). The quantitative estimate of drug-likeness (QED) is 0.763. The van der Waals surface area contributed by atoms with Crippen LogP contribution in [-0.4, -0.2) is 19.9 Å². The topological polar surface area (TPSA) is 111 Å². The Kier molecular flexibility index (Phi) is 4.26. The Hall–Kier alpha value is -1.96. The first-order valence-corrected chi connectivity index (χ1v) is 7.92. The molecule has 0 amide bonds. The van der Waals surface area contributed by atoms with Gasteiger partial charge in [-0.25, -0.2) is 18.5 Å². The van der Waals surface area contributed by atoms with E-state index in [4.69, 9.17) is 10.9 Å². The highest BCUT2D eigenvalue weighted by Gasteiger charge is 2.25. The number of hydrogen-bond acceptors (Lipinski definition) is 5. The lowest BCUT2D eigenvalue weighted by Crippen LogP contribution is -2.39. The Morgan fingerprint density at radius 3 is 2.33 bits per heavy atom. The first kappa shape index (κ1) is 15.4. The fourth-order valence-corrected chi connectivity index (χ4v) is 2.41. The van der Waals surface area contributed by atoms with Gasteiger partial charge in [-0.1, -0.05) is 30.3 Å². The van der Waals surface area contributed by atoms with E-state index in [0.29, 0.717) is 12.4 Å². The summed E-state index contributed by atoms with van der Waals surface area (Å²) >= 11 is 0. The van der Waals surface area contributed by atoms with Gasteiger partial charge in [-0.05, 0) is 24.6 Å². The van der Waals surface area contributed by atoms with Crippen molar-refractivity contribution in [1.29, 1.82) is 0 Å². The van der Waals surface area contributed by atoms with E-state index >= 15 is 0 Å². The molecule has 0 saturated carbocycles. The molecule has 0 radical (unpaired) electrons. The summed E-state index contributed by atoms with van der Waals surface area (Å²) in [6.45, 7) is 2.31. The van der Waals surface area contributed by atoms with Gasteiger partial charge in [-0.2, -0.15) is 0 Å². The van der Waals surface area contributed by atoms with Crippen LogP contribution >= 0.6 is 0 Å². The van der Waals surface area contributed by atoms with Crippen molar-refractivity contribution in [3.63, 3.8) is 0 Å². The Morgan fingerprint density at radius 1 is 1.19 bits per heavy atom. The van der Waals surface area contributed by atoms with Crippen molar-refractivity contribution in [2.45, 2.75) is 17.4 Å². The van der Waals surface area contributed by atoms with Crippen molar-refractivity contribution < 1.29 is 8.42 Å². The Balaban J connectivity index is 2.27. The number of anilines is 1. The highest BCUT2D eigenvalue weighted by molar-refractivity contribution is 7.89. The van der Waals surface area contributed by atoms with Gasteiger partial charge in [-0.3, -0.25) is 0 Å². The third kappa shape index (κ3) is 3.57. The van der Waals surface area contributed by atoms with Crippen LogP contribution < -0.4 is 16.2 Å². The molecular formula is C14H18N4O2S. The number of pyridine rings is 1. The van der Waals surface area contributed by atoms with Crippen LogP contribution in [0.1, 0.15) is 12.5 Å². The maximum atomic E-state index is 11.2. The van der Waals surface area contributed by atoms with Crippen LogP contribution in [0.2, 0.25) is 0 Å². The van der Waals surface area contributed by atoms with E-state index in [0.717, 1.165) is 5.56 Å². The average molecular weight is 306 g/mol. The first-order valence-electron chi connectivity index (χ1n) is 6.38. The largest absolute Gasteiger partial charge is 0.360 e. The van der Waals surface area contributed by atoms with Gasteiger partial charge in [0.05, 0.1) is 5.54 Å². The van der Waals surface area contributed by atoms with Crippen molar-refractivity contribution in [3.8, 4) is 0 Å². The molecule has 0 saturated heterocycles. The van der Waals surface area contributed by atoms with Gasteiger partial charge in [0.25, 0.3) is 0 Å². The molecule has 0 bridgehead atoms. The fourth-order valence-electron chi connectivity index (χ4n) is 1.95. The third-order valence-corrected chi connectivity index (χ3v) is 4.19. The van der Waals surface area contributed by atoms with Crippen LogP contribution in [-0.2, 0) is 15.6 Å². The Bertz CT molecular complexity index is 702. The molecule has 7 heteroatoms. The van der Waals surface area contributed by atoms with Crippen molar-refractivity contribution in [3.05, 3.63) is 54.2 Å². The van der Waals surface area contributed by atoms with Crippen LogP contribution in [0, 0.1) is 0 Å². The number of nitrogens with two attached hydrogens (primary N) is 2. The molecule has 21 heavy (non-hydrogen) atoms. The van der Waals surface area contributed by atoms with E-state index in [1.165, 1.54) is 12.3 Å². The second-order valence-electron chi connectivity index (χ2n) is 4.95. The predicted molar refractivity (Wildman–Crippen MR) is 82.1 cm³/mol. The number of sulfonamides is 1. The van der Waals surface area contributed by atoms with Crippen molar-refractivity contribution >= 4 is 15.8 Å². The number of hydrogen-bond donors (Lipinski definition) is 3. The minimum absolute atomic E-state index is 0.0257. The van der Waals surface area contributed by atoms with Crippen molar-refractivity contribution in [2.24, 2.45) is 10.9 Å². The number of nitrogens with one attached hydrogen (secondary N) is 1. The zero-order valence-corrected chi connectivity index (χ0v) is 12.5. The van der Waals surface area contributed by atoms with Gasteiger partial charge >= 0.3 is 0 Å². The number of rotatable bonds is 5. The fraction of sp³-hybridized carbons (Fsp3) is 0.214. The molecule has 0 spiro atoms. The summed E-state index contributed by atoms with van der Waals surface area (Å²) < 4.78 is 22.4. The van der Waals surface area contributed by atoms with Crippen LogP contribution in [0.3, 0.4) is 0 Å². The number of primary sulfonamides is 1. The molecule has 112 valence electrons. The summed E-state index contributed by atoms with van der Waals surface area (Å²) in [5.74, 6) is 0.527. The minimum atomic E-state index is -3.74. The van der Waals surface area contributed by atoms with Crippen LogP contribution in [0.5, 0.6) is 0 Å². The molecule has 0 aliphatic heterocycles.